The van der Waals surface area contributed by atoms with Crippen LogP contribution in [0.25, 0.3) is 217 Å². The van der Waals surface area contributed by atoms with Gasteiger partial charge in [0.25, 0.3) is 0 Å². The lowest BCUT2D eigenvalue weighted by Gasteiger charge is -2.17. The molecule has 0 aliphatic carbocycles. The first-order valence-corrected chi connectivity index (χ1v) is 44.9. The Balaban J connectivity index is 0.823. The van der Waals surface area contributed by atoms with Crippen LogP contribution in [0, 0.1) is 83.1 Å². The summed E-state index contributed by atoms with van der Waals surface area (Å²) in [6.07, 6.45) is 0. The molecule has 0 N–H and O–H groups in total. The summed E-state index contributed by atoms with van der Waals surface area (Å²) in [5.41, 5.74) is 48.1. The normalized spacial score (nSPS) is 11.7. The van der Waals surface area contributed by atoms with Gasteiger partial charge in [-0.1, -0.05) is 253 Å². The molecule has 0 aliphatic rings. The van der Waals surface area contributed by atoms with E-state index in [0.717, 1.165) is 155 Å². The van der Waals surface area contributed by atoms with E-state index in [1.165, 1.54) is 111 Å². The molecule has 0 spiro atoms. The van der Waals surface area contributed by atoms with Crippen molar-refractivity contribution in [2.24, 2.45) is 0 Å². The van der Waals surface area contributed by atoms with E-state index >= 15 is 0 Å². The standard InChI is InChI=1S/C123H96N6/c1-73-53-77(5)117(78(6)54-73)91-43-49-111-105(69-91)106-70-92(118-79(7)55-74(2)56-80(118)8)44-50-112(106)127(111)109-39-27-25-37-101(109)121-124-122(102-38-26-28-40-110(102)128-113-51-45-93(119-81(9)57-75(3)58-82(119)10)71-107(113)108-72-94(46-52-114(108)128)120-83(11)59-76(4)60-84(120)12)126-123(125-121)129-115-47-41-89(99-63-95(85-29-17-13-18-30-85)61-96(64-99)86-31-19-14-20-32-86)67-103(115)104-68-90(42-48-116(104)129)100-65-97(87-33-21-15-22-34-87)62-98(66-100)88-35-23-16-24-36-88/h13-72H,1-12H3. The molecule has 0 radical (unpaired) electrons. The maximum absolute atomic E-state index is 6.03. The van der Waals surface area contributed by atoms with Gasteiger partial charge in [0, 0.05) is 43.4 Å². The largest absolute Gasteiger partial charge is 0.309 e. The summed E-state index contributed by atoms with van der Waals surface area (Å²) in [5.74, 6) is 1.51. The number of hydrogen-bond acceptors (Lipinski definition) is 3. The van der Waals surface area contributed by atoms with Crippen molar-refractivity contribution < 1.29 is 0 Å². The van der Waals surface area contributed by atoms with Crippen LogP contribution in [0.3, 0.4) is 0 Å². The molecule has 129 heavy (non-hydrogen) atoms. The van der Waals surface area contributed by atoms with E-state index in [-0.39, 0.29) is 0 Å². The van der Waals surface area contributed by atoms with Crippen molar-refractivity contribution in [1.82, 2.24) is 28.7 Å². The van der Waals surface area contributed by atoms with Crippen molar-refractivity contribution in [3.8, 4) is 151 Å². The van der Waals surface area contributed by atoms with Crippen LogP contribution in [0.1, 0.15) is 66.8 Å². The van der Waals surface area contributed by atoms with E-state index in [1.807, 2.05) is 0 Å². The van der Waals surface area contributed by atoms with E-state index < -0.39 is 0 Å². The number of rotatable bonds is 15. The number of nitrogens with zero attached hydrogens (tertiary/aromatic N) is 6. The highest BCUT2D eigenvalue weighted by molar-refractivity contribution is 6.15. The fourth-order valence-corrected chi connectivity index (χ4v) is 21.5. The maximum Gasteiger partial charge on any atom is 0.238 e. The summed E-state index contributed by atoms with van der Waals surface area (Å²) in [6.45, 7) is 26.8. The third kappa shape index (κ3) is 14.0. The van der Waals surface area contributed by atoms with Crippen LogP contribution in [0.4, 0.5) is 0 Å². The van der Waals surface area contributed by atoms with Gasteiger partial charge in [0.05, 0.1) is 44.5 Å². The van der Waals surface area contributed by atoms with Crippen LogP contribution >= 0.6 is 0 Å². The lowest BCUT2D eigenvalue weighted by molar-refractivity contribution is 0.950. The Kier molecular flexibility index (Phi) is 19.5. The Labute approximate surface area is 754 Å². The SMILES string of the molecule is Cc1cc(C)c(-c2ccc3c(c2)c2cc(-c4c(C)cc(C)cc4C)ccc2n3-c2ccccc2-c2nc(-c3ccccc3-n3c4ccc(-c5c(C)cc(C)cc5C)cc4c4cc(-c5c(C)cc(C)cc5C)ccc43)nc(-n3c4ccc(-c5cc(-c6ccccc6)cc(-c6ccccc6)c5)cc4c4cc(-c5cc(-c6ccccc6)cc(-c6ccccc6)c5)ccc43)n2)c(C)c1. The molecular weight excluding hydrogens is 1560 g/mol. The van der Waals surface area contributed by atoms with Gasteiger partial charge in [-0.2, -0.15) is 9.97 Å². The zero-order chi connectivity index (χ0) is 87.7. The second-order valence-corrected chi connectivity index (χ2v) is 35.9. The maximum atomic E-state index is 6.03. The molecule has 4 heterocycles. The summed E-state index contributed by atoms with van der Waals surface area (Å²) < 4.78 is 7.23. The summed E-state index contributed by atoms with van der Waals surface area (Å²) in [7, 11) is 0. The van der Waals surface area contributed by atoms with Crippen LogP contribution in [-0.2, 0) is 0 Å². The highest BCUT2D eigenvalue weighted by Gasteiger charge is 2.28. The molecule has 618 valence electrons. The molecular formula is C123H96N6. The summed E-state index contributed by atoms with van der Waals surface area (Å²) in [6, 6.07) is 136. The van der Waals surface area contributed by atoms with Crippen molar-refractivity contribution >= 4 is 65.4 Å². The summed E-state index contributed by atoms with van der Waals surface area (Å²) in [4.78, 5) is 18.1. The van der Waals surface area contributed by atoms with Crippen molar-refractivity contribution in [1.29, 1.82) is 0 Å². The molecule has 22 aromatic rings. The van der Waals surface area contributed by atoms with Crippen molar-refractivity contribution in [3.63, 3.8) is 0 Å². The molecule has 4 aromatic heterocycles. The van der Waals surface area contributed by atoms with Crippen LogP contribution in [0.15, 0.2) is 364 Å². The van der Waals surface area contributed by atoms with E-state index in [2.05, 4.69) is 461 Å². The van der Waals surface area contributed by atoms with Crippen molar-refractivity contribution in [2.75, 3.05) is 0 Å². The van der Waals surface area contributed by atoms with Gasteiger partial charge in [-0.3, -0.25) is 4.57 Å². The zero-order valence-corrected chi connectivity index (χ0v) is 74.8. The molecule has 18 aromatic carbocycles. The van der Waals surface area contributed by atoms with Gasteiger partial charge < -0.3 is 9.13 Å². The fourth-order valence-electron chi connectivity index (χ4n) is 21.5. The van der Waals surface area contributed by atoms with Gasteiger partial charge >= 0.3 is 0 Å². The molecule has 22 rings (SSSR count). The topological polar surface area (TPSA) is 53.5 Å². The van der Waals surface area contributed by atoms with Crippen LogP contribution in [0.2, 0.25) is 0 Å². The lowest BCUT2D eigenvalue weighted by atomic mass is 9.91. The van der Waals surface area contributed by atoms with Gasteiger partial charge in [0.15, 0.2) is 11.6 Å². The minimum atomic E-state index is 0.475. The Morgan fingerprint density at radius 2 is 0.372 bits per heavy atom. The van der Waals surface area contributed by atoms with Gasteiger partial charge in [-0.05, 0) is 372 Å². The van der Waals surface area contributed by atoms with Crippen LogP contribution in [-0.4, -0.2) is 28.7 Å². The first-order chi connectivity index (χ1) is 62.8. The predicted molar refractivity (Wildman–Crippen MR) is 545 cm³/mol. The lowest BCUT2D eigenvalue weighted by Crippen LogP contribution is -2.09. The molecule has 0 amide bonds. The average Bonchev–Trinajstić information content (AvgIpc) is 1.59. The first-order valence-electron chi connectivity index (χ1n) is 44.9. The van der Waals surface area contributed by atoms with Gasteiger partial charge in [-0.25, -0.2) is 4.98 Å². The summed E-state index contributed by atoms with van der Waals surface area (Å²) >= 11 is 0. The number of para-hydroxylation sites is 2. The molecule has 6 nitrogen and oxygen atoms in total. The second-order valence-electron chi connectivity index (χ2n) is 35.9. The van der Waals surface area contributed by atoms with E-state index in [4.69, 9.17) is 15.0 Å². The molecule has 0 bridgehead atoms. The monoisotopic (exact) mass is 1660 g/mol. The van der Waals surface area contributed by atoms with Crippen molar-refractivity contribution in [3.05, 3.63) is 431 Å². The third-order valence-electron chi connectivity index (χ3n) is 26.7. The molecule has 0 saturated heterocycles. The van der Waals surface area contributed by atoms with Gasteiger partial charge in [0.1, 0.15) is 0 Å². The second kappa shape index (κ2) is 31.8. The molecule has 0 fully saturated rings. The molecule has 0 unspecified atom stereocenters. The predicted octanol–water partition coefficient (Wildman–Crippen LogP) is 32.9. The van der Waals surface area contributed by atoms with Gasteiger partial charge in [0.2, 0.25) is 5.95 Å². The quantitative estimate of drug-likeness (QED) is 0.103. The van der Waals surface area contributed by atoms with E-state index in [9.17, 15) is 0 Å². The molecule has 0 atom stereocenters. The smallest absolute Gasteiger partial charge is 0.238 e. The number of fused-ring (bicyclic) bond motifs is 9. The highest BCUT2D eigenvalue weighted by atomic mass is 15.2. The number of benzene rings is 18. The van der Waals surface area contributed by atoms with Crippen molar-refractivity contribution in [2.45, 2.75) is 83.1 Å². The van der Waals surface area contributed by atoms with Crippen LogP contribution in [0.5, 0.6) is 0 Å². The zero-order valence-electron chi connectivity index (χ0n) is 74.8. The van der Waals surface area contributed by atoms with E-state index in [0.29, 0.717) is 17.6 Å². The first kappa shape index (κ1) is 79.3. The summed E-state index contributed by atoms with van der Waals surface area (Å²) in [5, 5.41) is 6.72. The Morgan fingerprint density at radius 3 is 0.628 bits per heavy atom. The Hall–Kier alpha value is -15.6. The van der Waals surface area contributed by atoms with Gasteiger partial charge in [-0.15, -0.1) is 0 Å². The third-order valence-corrected chi connectivity index (χ3v) is 26.7. The molecule has 0 saturated carbocycles. The van der Waals surface area contributed by atoms with Crippen LogP contribution < -0.4 is 0 Å². The molecule has 6 heteroatoms. The minimum absolute atomic E-state index is 0.475. The van der Waals surface area contributed by atoms with E-state index in [1.54, 1.807) is 0 Å². The Bertz CT molecular complexity index is 7420. The number of aromatic nitrogens is 6. The number of aryl methyl sites for hydroxylation is 12. The highest BCUT2D eigenvalue weighted by Crippen LogP contribution is 2.48. The fraction of sp³-hybridized carbons (Fsp3) is 0.0976. The average molecular weight is 1660 g/mol. The molecule has 0 aliphatic heterocycles. The number of hydrogen-bond donors (Lipinski definition) is 0. The minimum Gasteiger partial charge on any atom is -0.309 e. The Morgan fingerprint density at radius 1 is 0.163 bits per heavy atom.